The summed E-state index contributed by atoms with van der Waals surface area (Å²) in [4.78, 5) is 39.5. The summed E-state index contributed by atoms with van der Waals surface area (Å²) in [5.41, 5.74) is 0.821. The highest BCUT2D eigenvalue weighted by atomic mass is 127. The molecule has 36 heavy (non-hydrogen) atoms. The van der Waals surface area contributed by atoms with Crippen LogP contribution in [0.15, 0.2) is 23.8 Å². The molecule has 2 saturated carbocycles. The van der Waals surface area contributed by atoms with E-state index in [0.29, 0.717) is 32.5 Å². The number of rotatable bonds is 10. The van der Waals surface area contributed by atoms with Gasteiger partial charge in [0.1, 0.15) is 18.5 Å². The van der Waals surface area contributed by atoms with E-state index in [2.05, 4.69) is 5.32 Å². The average Bonchev–Trinajstić information content (AvgIpc) is 3.60. The maximum Gasteiger partial charge on any atom is 0.247 e. The average molecular weight is 612 g/mol. The summed E-state index contributed by atoms with van der Waals surface area (Å²) in [5, 5.41) is 23.4. The van der Waals surface area contributed by atoms with Crippen molar-refractivity contribution in [1.82, 2.24) is 10.2 Å². The van der Waals surface area contributed by atoms with E-state index < -0.39 is 18.2 Å². The monoisotopic (exact) mass is 612 g/mol. The van der Waals surface area contributed by atoms with Crippen LogP contribution >= 0.6 is 22.6 Å². The molecule has 3 atom stereocenters. The van der Waals surface area contributed by atoms with E-state index in [1.54, 1.807) is 18.2 Å². The van der Waals surface area contributed by atoms with E-state index in [1.807, 2.05) is 27.5 Å². The first-order valence-corrected chi connectivity index (χ1v) is 13.5. The number of amides is 2. The molecule has 196 valence electrons. The number of methoxy groups -OCH3 is 1. The molecule has 1 aromatic carbocycles. The lowest BCUT2D eigenvalue weighted by Crippen LogP contribution is -2.58. The van der Waals surface area contributed by atoms with Crippen LogP contribution in [0.4, 0.5) is 0 Å². The molecule has 0 saturated heterocycles. The molecule has 0 bridgehead atoms. The number of nitrogens with zero attached hydrogens (tertiary/aromatic N) is 1. The van der Waals surface area contributed by atoms with Gasteiger partial charge in [-0.15, -0.1) is 0 Å². The summed E-state index contributed by atoms with van der Waals surface area (Å²) >= 11 is 2.04. The van der Waals surface area contributed by atoms with Crippen LogP contribution in [0.2, 0.25) is 0 Å². The van der Waals surface area contributed by atoms with Crippen LogP contribution in [-0.2, 0) is 9.59 Å². The van der Waals surface area contributed by atoms with Gasteiger partial charge in [-0.05, 0) is 66.5 Å². The number of aldehydes is 1. The lowest BCUT2D eigenvalue weighted by atomic mass is 9.87. The molecule has 3 aliphatic carbocycles. The van der Waals surface area contributed by atoms with Crippen molar-refractivity contribution in [2.24, 2.45) is 5.92 Å². The zero-order valence-electron chi connectivity index (χ0n) is 20.3. The smallest absolute Gasteiger partial charge is 0.247 e. The SMILES string of the molecule is COc1cc(C=O)cc(I)c1O[C@H]1C=C(C(=O)NCCO)C[C@@H](N(C(=O)C2CC2)C2CCCC2)[C@@H]1O. The third kappa shape index (κ3) is 5.86. The molecule has 9 nitrogen and oxygen atoms in total. The largest absolute Gasteiger partial charge is 0.493 e. The predicted molar refractivity (Wildman–Crippen MR) is 140 cm³/mol. The second-order valence-corrected chi connectivity index (χ2v) is 10.8. The summed E-state index contributed by atoms with van der Waals surface area (Å²) in [7, 11) is 1.46. The summed E-state index contributed by atoms with van der Waals surface area (Å²) in [6.07, 6.45) is 6.01. The summed E-state index contributed by atoms with van der Waals surface area (Å²) < 4.78 is 12.3. The Bertz CT molecular complexity index is 1020. The van der Waals surface area contributed by atoms with Crippen molar-refractivity contribution >= 4 is 40.7 Å². The maximum absolute atomic E-state index is 13.4. The third-order valence-electron chi connectivity index (χ3n) is 7.11. The van der Waals surface area contributed by atoms with E-state index >= 15 is 0 Å². The number of aliphatic hydroxyl groups is 2. The van der Waals surface area contributed by atoms with Gasteiger partial charge in [0, 0.05) is 36.1 Å². The molecule has 3 N–H and O–H groups in total. The highest BCUT2D eigenvalue weighted by molar-refractivity contribution is 14.1. The molecule has 2 amide bonds. The molecule has 0 aromatic heterocycles. The number of benzene rings is 1. The number of aliphatic hydroxyl groups excluding tert-OH is 2. The first-order valence-electron chi connectivity index (χ1n) is 12.5. The van der Waals surface area contributed by atoms with Crippen LogP contribution in [-0.4, -0.2) is 77.8 Å². The Morgan fingerprint density at radius 2 is 1.94 bits per heavy atom. The molecular formula is C26H33IN2O7. The van der Waals surface area contributed by atoms with Crippen LogP contribution in [0.3, 0.4) is 0 Å². The van der Waals surface area contributed by atoms with Crippen LogP contribution in [0.1, 0.15) is 55.3 Å². The number of hydrogen-bond donors (Lipinski definition) is 3. The molecule has 0 heterocycles. The van der Waals surface area contributed by atoms with Gasteiger partial charge in [0.25, 0.3) is 0 Å². The first-order chi connectivity index (χ1) is 17.4. The van der Waals surface area contributed by atoms with Crippen molar-refractivity contribution in [3.05, 3.63) is 32.9 Å². The quantitative estimate of drug-likeness (QED) is 0.274. The zero-order valence-corrected chi connectivity index (χ0v) is 22.5. The Balaban J connectivity index is 1.70. The van der Waals surface area contributed by atoms with Crippen LogP contribution < -0.4 is 14.8 Å². The second kappa shape index (κ2) is 11.9. The second-order valence-electron chi connectivity index (χ2n) is 9.63. The van der Waals surface area contributed by atoms with Gasteiger partial charge in [0.05, 0.1) is 23.3 Å². The minimum Gasteiger partial charge on any atom is -0.493 e. The Kier molecular flexibility index (Phi) is 8.89. The fourth-order valence-corrected chi connectivity index (χ4v) is 5.90. The Hall–Kier alpha value is -2.18. The number of ether oxygens (including phenoxy) is 2. The number of halogens is 1. The van der Waals surface area contributed by atoms with Gasteiger partial charge in [0.2, 0.25) is 11.8 Å². The lowest BCUT2D eigenvalue weighted by molar-refractivity contribution is -0.143. The topological polar surface area (TPSA) is 125 Å². The van der Waals surface area contributed by atoms with Crippen molar-refractivity contribution < 1.29 is 34.1 Å². The maximum atomic E-state index is 13.4. The molecule has 1 aromatic rings. The van der Waals surface area contributed by atoms with E-state index in [4.69, 9.17) is 14.6 Å². The first kappa shape index (κ1) is 26.9. The van der Waals surface area contributed by atoms with Crippen molar-refractivity contribution in [3.63, 3.8) is 0 Å². The van der Waals surface area contributed by atoms with Gasteiger partial charge in [0.15, 0.2) is 11.5 Å². The normalized spacial score (nSPS) is 24.1. The van der Waals surface area contributed by atoms with Crippen molar-refractivity contribution in [1.29, 1.82) is 0 Å². The Morgan fingerprint density at radius 1 is 1.22 bits per heavy atom. The van der Waals surface area contributed by atoms with Crippen molar-refractivity contribution in [2.75, 3.05) is 20.3 Å². The number of nitrogens with one attached hydrogen (secondary N) is 1. The van der Waals surface area contributed by atoms with Crippen molar-refractivity contribution in [2.45, 2.75) is 69.2 Å². The zero-order chi connectivity index (χ0) is 25.8. The van der Waals surface area contributed by atoms with E-state index in [1.165, 1.54) is 7.11 Å². The van der Waals surface area contributed by atoms with E-state index in [-0.39, 0.29) is 43.3 Å². The minimum atomic E-state index is -1.08. The molecule has 10 heteroatoms. The van der Waals surface area contributed by atoms with Gasteiger partial charge in [-0.2, -0.15) is 0 Å². The fraction of sp³-hybridized carbons (Fsp3) is 0.577. The van der Waals surface area contributed by atoms with Gasteiger partial charge in [-0.3, -0.25) is 14.4 Å². The molecule has 3 aliphatic rings. The van der Waals surface area contributed by atoms with Gasteiger partial charge in [-0.25, -0.2) is 0 Å². The standard InChI is InChI=1S/C26H33IN2O7/c1-35-22-11-15(14-31)10-19(27)24(22)36-21-13-17(25(33)28-8-9-30)12-20(23(21)32)29(18-4-2-3-5-18)26(34)16-6-7-16/h10-11,13-14,16,18,20-21,23,30,32H,2-9,12H2,1H3,(H,28,33)/t20-,21+,23+/m1/s1. The van der Waals surface area contributed by atoms with Gasteiger partial charge < -0.3 is 29.9 Å². The Labute approximate surface area is 224 Å². The molecule has 0 radical (unpaired) electrons. The molecule has 4 rings (SSSR count). The Morgan fingerprint density at radius 3 is 2.56 bits per heavy atom. The van der Waals surface area contributed by atoms with Crippen LogP contribution in [0.25, 0.3) is 0 Å². The number of carbonyl (C=O) groups is 3. The highest BCUT2D eigenvalue weighted by Crippen LogP contribution is 2.40. The summed E-state index contributed by atoms with van der Waals surface area (Å²) in [6.45, 7) is -0.0982. The van der Waals surface area contributed by atoms with Crippen molar-refractivity contribution in [3.8, 4) is 11.5 Å². The van der Waals surface area contributed by atoms with Gasteiger partial charge in [-0.1, -0.05) is 12.8 Å². The summed E-state index contributed by atoms with van der Waals surface area (Å²) in [6, 6.07) is 2.61. The predicted octanol–water partition coefficient (Wildman–Crippen LogP) is 2.21. The van der Waals surface area contributed by atoms with E-state index in [0.717, 1.165) is 38.5 Å². The minimum absolute atomic E-state index is 0.0216. The third-order valence-corrected chi connectivity index (χ3v) is 7.91. The highest BCUT2D eigenvalue weighted by Gasteiger charge is 2.46. The van der Waals surface area contributed by atoms with E-state index in [9.17, 15) is 19.5 Å². The molecule has 0 unspecified atom stereocenters. The number of carbonyl (C=O) groups excluding carboxylic acids is 3. The number of hydrogen-bond acceptors (Lipinski definition) is 7. The molecule has 2 fully saturated rings. The molecule has 0 aliphatic heterocycles. The van der Waals surface area contributed by atoms with Crippen LogP contribution in [0, 0.1) is 9.49 Å². The molecular weight excluding hydrogens is 579 g/mol. The fourth-order valence-electron chi connectivity index (χ4n) is 5.14. The lowest BCUT2D eigenvalue weighted by Gasteiger charge is -2.43. The van der Waals surface area contributed by atoms with Gasteiger partial charge >= 0.3 is 0 Å². The van der Waals surface area contributed by atoms with Crippen LogP contribution in [0.5, 0.6) is 11.5 Å². The molecule has 0 spiro atoms. The summed E-state index contributed by atoms with van der Waals surface area (Å²) in [5.74, 6) is 0.342.